The summed E-state index contributed by atoms with van der Waals surface area (Å²) in [6.07, 6.45) is 6.66. The van der Waals surface area contributed by atoms with Crippen LogP contribution in [0.4, 0.5) is 0 Å². The second-order valence-electron chi connectivity index (χ2n) is 10.6. The van der Waals surface area contributed by atoms with E-state index in [-0.39, 0.29) is 5.41 Å². The molecule has 0 N–H and O–H groups in total. The van der Waals surface area contributed by atoms with Gasteiger partial charge in [0.2, 0.25) is 0 Å². The van der Waals surface area contributed by atoms with Crippen molar-refractivity contribution in [2.45, 2.75) is 37.7 Å². The minimum absolute atomic E-state index is 0.0721. The van der Waals surface area contributed by atoms with Gasteiger partial charge in [-0.25, -0.2) is 0 Å². The molecule has 39 heavy (non-hydrogen) atoms. The topological polar surface area (TPSA) is 18.5 Å². The highest BCUT2D eigenvalue weighted by molar-refractivity contribution is 6.09. The van der Waals surface area contributed by atoms with Gasteiger partial charge in [-0.3, -0.25) is 0 Å². The third-order valence-corrected chi connectivity index (χ3v) is 9.06. The minimum Gasteiger partial charge on any atom is -0.497 e. The average molecular weight is 509 g/mol. The molecule has 0 bridgehead atoms. The van der Waals surface area contributed by atoms with Crippen molar-refractivity contribution in [2.24, 2.45) is 0 Å². The van der Waals surface area contributed by atoms with E-state index in [4.69, 9.17) is 9.47 Å². The molecule has 5 aromatic carbocycles. The Kier molecular flexibility index (Phi) is 5.42. The monoisotopic (exact) mass is 508 g/mol. The van der Waals surface area contributed by atoms with Crippen LogP contribution in [-0.4, -0.2) is 7.11 Å². The number of hydrogen-bond donors (Lipinski definition) is 0. The molecule has 0 spiro atoms. The van der Waals surface area contributed by atoms with Gasteiger partial charge in [-0.2, -0.15) is 0 Å². The van der Waals surface area contributed by atoms with Gasteiger partial charge in [0.25, 0.3) is 0 Å². The smallest absolute Gasteiger partial charge is 0.178 e. The van der Waals surface area contributed by atoms with Crippen LogP contribution in [0.3, 0.4) is 0 Å². The molecule has 2 heteroatoms. The summed E-state index contributed by atoms with van der Waals surface area (Å²) in [4.78, 5) is 0. The van der Waals surface area contributed by atoms with Crippen molar-refractivity contribution in [3.63, 3.8) is 0 Å². The van der Waals surface area contributed by atoms with Crippen LogP contribution in [0, 0.1) is 0 Å². The molecule has 0 saturated heterocycles. The molecule has 0 amide bonds. The molecule has 7 rings (SSSR count). The first-order valence-corrected chi connectivity index (χ1v) is 13.9. The van der Waals surface area contributed by atoms with Crippen LogP contribution in [0.25, 0.3) is 28.0 Å². The summed E-state index contributed by atoms with van der Waals surface area (Å²) in [6.45, 7) is 4.65. The molecule has 0 aromatic heterocycles. The third kappa shape index (κ3) is 3.21. The van der Waals surface area contributed by atoms with Gasteiger partial charge < -0.3 is 9.47 Å². The van der Waals surface area contributed by atoms with E-state index in [0.717, 1.165) is 40.9 Å². The van der Waals surface area contributed by atoms with Gasteiger partial charge in [0, 0.05) is 27.5 Å². The predicted molar refractivity (Wildman–Crippen MR) is 161 cm³/mol. The van der Waals surface area contributed by atoms with Gasteiger partial charge in [-0.1, -0.05) is 105 Å². The molecular weight excluding hydrogens is 476 g/mol. The maximum atomic E-state index is 7.37. The van der Waals surface area contributed by atoms with Crippen LogP contribution in [0.15, 0.2) is 109 Å². The summed E-state index contributed by atoms with van der Waals surface area (Å²) in [5.74, 6) is 1.76. The predicted octanol–water partition coefficient (Wildman–Crippen LogP) is 9.28. The first kappa shape index (κ1) is 23.8. The van der Waals surface area contributed by atoms with Crippen molar-refractivity contribution in [3.8, 4) is 22.6 Å². The van der Waals surface area contributed by atoms with E-state index in [0.29, 0.717) is 0 Å². The average Bonchev–Trinajstić information content (AvgIpc) is 3.32. The van der Waals surface area contributed by atoms with Gasteiger partial charge in [0.05, 0.1) is 7.11 Å². The van der Waals surface area contributed by atoms with E-state index in [1.54, 1.807) is 7.11 Å². The van der Waals surface area contributed by atoms with Crippen molar-refractivity contribution in [2.75, 3.05) is 7.11 Å². The van der Waals surface area contributed by atoms with E-state index in [1.807, 2.05) is 0 Å². The van der Waals surface area contributed by atoms with E-state index < -0.39 is 5.60 Å². The lowest BCUT2D eigenvalue weighted by molar-refractivity contribution is 0.163. The zero-order valence-electron chi connectivity index (χ0n) is 22.7. The molecule has 2 aliphatic rings. The molecular formula is C37H32O2. The van der Waals surface area contributed by atoms with Gasteiger partial charge >= 0.3 is 0 Å². The normalized spacial score (nSPS) is 15.8. The Labute approximate surface area is 230 Å². The maximum absolute atomic E-state index is 7.37. The lowest BCUT2D eigenvalue weighted by atomic mass is 9.71. The van der Waals surface area contributed by atoms with Gasteiger partial charge in [0.1, 0.15) is 11.5 Å². The molecule has 0 atom stereocenters. The number of methoxy groups -OCH3 is 1. The molecule has 5 aromatic rings. The molecule has 1 aliphatic heterocycles. The van der Waals surface area contributed by atoms with Crippen LogP contribution in [0.5, 0.6) is 11.5 Å². The van der Waals surface area contributed by atoms with Crippen LogP contribution >= 0.6 is 0 Å². The summed E-state index contributed by atoms with van der Waals surface area (Å²) >= 11 is 0. The Bertz CT molecular complexity index is 1690. The number of benzene rings is 5. The van der Waals surface area contributed by atoms with Crippen LogP contribution in [0.1, 0.15) is 54.5 Å². The first-order valence-electron chi connectivity index (χ1n) is 13.9. The summed E-state index contributed by atoms with van der Waals surface area (Å²) in [6, 6.07) is 36.6. The van der Waals surface area contributed by atoms with Crippen molar-refractivity contribution in [1.29, 1.82) is 0 Å². The Morgan fingerprint density at radius 3 is 2.00 bits per heavy atom. The van der Waals surface area contributed by atoms with Crippen LogP contribution in [-0.2, 0) is 11.0 Å². The number of hydrogen-bond acceptors (Lipinski definition) is 2. The van der Waals surface area contributed by atoms with Crippen molar-refractivity contribution in [3.05, 3.63) is 137 Å². The fourth-order valence-corrected chi connectivity index (χ4v) is 7.11. The molecule has 1 heterocycles. The Balaban J connectivity index is 1.61. The van der Waals surface area contributed by atoms with E-state index in [1.165, 1.54) is 33.2 Å². The Hall–Kier alpha value is -4.30. The zero-order valence-corrected chi connectivity index (χ0v) is 22.7. The summed E-state index contributed by atoms with van der Waals surface area (Å²) in [7, 11) is 1.73. The van der Waals surface area contributed by atoms with Crippen molar-refractivity contribution >= 4 is 16.8 Å². The fourth-order valence-electron chi connectivity index (χ4n) is 7.11. The molecule has 2 nitrogen and oxygen atoms in total. The standard InChI is InChI=1S/C37H32O2/c1-4-36(5-2)32-19-13-12-18-29(32)33-28-21-20-27(38-3)24-31(28)35-30(34(33)36)22-23-37(39-35,25-14-8-6-9-15-25)26-16-10-7-11-17-26/h6-24H,4-5H2,1-3H3. The lowest BCUT2D eigenvalue weighted by Gasteiger charge is -2.39. The molecule has 0 unspecified atom stereocenters. The minimum atomic E-state index is -0.744. The van der Waals surface area contributed by atoms with Gasteiger partial charge in [-0.15, -0.1) is 0 Å². The van der Waals surface area contributed by atoms with Gasteiger partial charge in [0.15, 0.2) is 5.60 Å². The van der Waals surface area contributed by atoms with E-state index in [2.05, 4.69) is 129 Å². The van der Waals surface area contributed by atoms with Gasteiger partial charge in [-0.05, 0) is 64.8 Å². The second-order valence-corrected chi connectivity index (χ2v) is 10.6. The number of fused-ring (bicyclic) bond motifs is 8. The molecule has 192 valence electrons. The SMILES string of the molecule is CCC1(CC)c2ccccc2-c2c1c1c(c3cc(OC)ccc23)OC(c2ccccc2)(c2ccccc2)C=C1. The highest BCUT2D eigenvalue weighted by atomic mass is 16.5. The van der Waals surface area contributed by atoms with Crippen molar-refractivity contribution in [1.82, 2.24) is 0 Å². The largest absolute Gasteiger partial charge is 0.497 e. The first-order chi connectivity index (χ1) is 19.2. The maximum Gasteiger partial charge on any atom is 0.178 e. The summed E-state index contributed by atoms with van der Waals surface area (Å²) in [5.41, 5.74) is 8.08. The van der Waals surface area contributed by atoms with E-state index in [9.17, 15) is 0 Å². The third-order valence-electron chi connectivity index (χ3n) is 9.06. The Morgan fingerprint density at radius 2 is 1.36 bits per heavy atom. The number of rotatable bonds is 5. The Morgan fingerprint density at radius 1 is 0.718 bits per heavy atom. The quantitative estimate of drug-likeness (QED) is 0.235. The molecule has 0 fully saturated rings. The van der Waals surface area contributed by atoms with E-state index >= 15 is 0 Å². The second kappa shape index (κ2) is 8.88. The van der Waals surface area contributed by atoms with Crippen molar-refractivity contribution < 1.29 is 9.47 Å². The molecule has 1 aliphatic carbocycles. The highest BCUT2D eigenvalue weighted by Crippen LogP contribution is 2.60. The van der Waals surface area contributed by atoms with Crippen LogP contribution < -0.4 is 9.47 Å². The summed E-state index contributed by atoms with van der Waals surface area (Å²) < 4.78 is 13.1. The highest BCUT2D eigenvalue weighted by Gasteiger charge is 2.46. The molecule has 0 saturated carbocycles. The zero-order chi connectivity index (χ0) is 26.6. The lowest BCUT2D eigenvalue weighted by Crippen LogP contribution is -2.35. The fraction of sp³-hybridized carbons (Fsp3) is 0.189. The molecule has 0 radical (unpaired) electrons. The summed E-state index contributed by atoms with van der Waals surface area (Å²) in [5, 5.41) is 2.30. The van der Waals surface area contributed by atoms with Crippen LogP contribution in [0.2, 0.25) is 0 Å². The number of ether oxygens (including phenoxy) is 2.